The van der Waals surface area contributed by atoms with Crippen LogP contribution in [0.4, 0.5) is 11.4 Å². The highest BCUT2D eigenvalue weighted by Gasteiger charge is 2.20. The molecule has 0 aliphatic rings. The van der Waals surface area contributed by atoms with E-state index >= 15 is 0 Å². The Labute approximate surface area is 183 Å². The number of rotatable bonds is 8. The van der Waals surface area contributed by atoms with E-state index in [0.717, 1.165) is 11.1 Å². The Bertz CT molecular complexity index is 1140. The monoisotopic (exact) mass is 438 g/mol. The summed E-state index contributed by atoms with van der Waals surface area (Å²) in [5.41, 5.74) is 3.06. The first-order chi connectivity index (χ1) is 14.8. The van der Waals surface area contributed by atoms with Gasteiger partial charge in [-0.1, -0.05) is 42.8 Å². The molecule has 162 valence electrons. The van der Waals surface area contributed by atoms with Crippen LogP contribution in [-0.4, -0.2) is 20.4 Å². The number of anilines is 2. The van der Waals surface area contributed by atoms with Gasteiger partial charge >= 0.3 is 0 Å². The Morgan fingerprint density at radius 2 is 1.61 bits per heavy atom. The van der Waals surface area contributed by atoms with Gasteiger partial charge in [-0.2, -0.15) is 0 Å². The maximum atomic E-state index is 12.7. The summed E-state index contributed by atoms with van der Waals surface area (Å²) in [6.07, 6.45) is -0.170. The fourth-order valence-electron chi connectivity index (χ4n) is 3.07. The molecule has 6 nitrogen and oxygen atoms in total. The summed E-state index contributed by atoms with van der Waals surface area (Å²) in [5.74, 6) is 0.376. The van der Waals surface area contributed by atoms with Crippen LogP contribution in [0.5, 0.6) is 5.75 Å². The molecule has 0 aliphatic carbocycles. The van der Waals surface area contributed by atoms with E-state index < -0.39 is 16.1 Å². The fourth-order valence-corrected chi connectivity index (χ4v) is 4.13. The molecule has 0 radical (unpaired) electrons. The van der Waals surface area contributed by atoms with E-state index in [1.54, 1.807) is 36.4 Å². The van der Waals surface area contributed by atoms with Crippen molar-refractivity contribution in [2.45, 2.75) is 38.2 Å². The molecule has 0 fully saturated rings. The van der Waals surface area contributed by atoms with E-state index in [1.807, 2.05) is 45.0 Å². The van der Waals surface area contributed by atoms with E-state index in [1.165, 1.54) is 12.1 Å². The molecular weight excluding hydrogens is 412 g/mol. The zero-order valence-electron chi connectivity index (χ0n) is 17.8. The van der Waals surface area contributed by atoms with Crippen LogP contribution in [0.25, 0.3) is 0 Å². The number of aryl methyl sites for hydroxylation is 2. The molecule has 3 rings (SSSR count). The summed E-state index contributed by atoms with van der Waals surface area (Å²) in [4.78, 5) is 12.8. The fraction of sp³-hybridized carbons (Fsp3) is 0.208. The first-order valence-electron chi connectivity index (χ1n) is 10.0. The highest BCUT2D eigenvalue weighted by Crippen LogP contribution is 2.22. The highest BCUT2D eigenvalue weighted by molar-refractivity contribution is 7.92. The third kappa shape index (κ3) is 5.86. The Morgan fingerprint density at radius 1 is 0.935 bits per heavy atom. The van der Waals surface area contributed by atoms with Crippen LogP contribution < -0.4 is 14.8 Å². The van der Waals surface area contributed by atoms with Crippen molar-refractivity contribution in [3.63, 3.8) is 0 Å². The molecule has 0 spiro atoms. The molecule has 7 heteroatoms. The first-order valence-corrected chi connectivity index (χ1v) is 11.5. The van der Waals surface area contributed by atoms with Gasteiger partial charge in [-0.25, -0.2) is 8.42 Å². The van der Waals surface area contributed by atoms with Gasteiger partial charge in [0.2, 0.25) is 0 Å². The zero-order valence-corrected chi connectivity index (χ0v) is 18.6. The number of hydrogen-bond donors (Lipinski definition) is 2. The topological polar surface area (TPSA) is 84.5 Å². The molecule has 0 aromatic heterocycles. The van der Waals surface area contributed by atoms with Gasteiger partial charge < -0.3 is 10.1 Å². The van der Waals surface area contributed by atoms with Crippen LogP contribution >= 0.6 is 0 Å². The van der Waals surface area contributed by atoms with E-state index in [2.05, 4.69) is 10.0 Å². The second kappa shape index (κ2) is 9.66. The van der Waals surface area contributed by atoms with E-state index in [-0.39, 0.29) is 10.8 Å². The van der Waals surface area contributed by atoms with Gasteiger partial charge in [0.1, 0.15) is 5.75 Å². The van der Waals surface area contributed by atoms with Gasteiger partial charge in [-0.05, 0) is 68.3 Å². The summed E-state index contributed by atoms with van der Waals surface area (Å²) < 4.78 is 33.5. The van der Waals surface area contributed by atoms with Crippen molar-refractivity contribution in [3.05, 3.63) is 83.9 Å². The van der Waals surface area contributed by atoms with Crippen molar-refractivity contribution in [1.82, 2.24) is 0 Å². The van der Waals surface area contributed by atoms with Crippen LogP contribution in [0, 0.1) is 13.8 Å². The summed E-state index contributed by atoms with van der Waals surface area (Å²) in [7, 11) is -3.72. The maximum absolute atomic E-state index is 12.7. The van der Waals surface area contributed by atoms with Gasteiger partial charge in [-0.3, -0.25) is 9.52 Å². The largest absolute Gasteiger partial charge is 0.480 e. The van der Waals surface area contributed by atoms with Crippen LogP contribution in [0.15, 0.2) is 77.7 Å². The normalized spacial score (nSPS) is 12.1. The molecule has 0 saturated carbocycles. The molecule has 2 N–H and O–H groups in total. The molecule has 0 unspecified atom stereocenters. The third-order valence-corrected chi connectivity index (χ3v) is 6.12. The summed E-state index contributed by atoms with van der Waals surface area (Å²) in [5, 5.41) is 2.79. The van der Waals surface area contributed by atoms with E-state index in [0.29, 0.717) is 23.5 Å². The molecule has 1 amide bonds. The predicted molar refractivity (Wildman–Crippen MR) is 123 cm³/mol. The van der Waals surface area contributed by atoms with Crippen molar-refractivity contribution >= 4 is 27.3 Å². The summed E-state index contributed by atoms with van der Waals surface area (Å²) in [6, 6.07) is 20.5. The number of carbonyl (C=O) groups excluding carboxylic acids is 1. The second-order valence-corrected chi connectivity index (χ2v) is 8.95. The van der Waals surface area contributed by atoms with Crippen molar-refractivity contribution in [2.24, 2.45) is 0 Å². The lowest BCUT2D eigenvalue weighted by atomic mass is 10.1. The number of hydrogen-bond acceptors (Lipinski definition) is 4. The Morgan fingerprint density at radius 3 is 2.23 bits per heavy atom. The average Bonchev–Trinajstić information content (AvgIpc) is 2.74. The van der Waals surface area contributed by atoms with E-state index in [9.17, 15) is 13.2 Å². The highest BCUT2D eigenvalue weighted by atomic mass is 32.2. The molecule has 0 aliphatic heterocycles. The lowest BCUT2D eigenvalue weighted by Crippen LogP contribution is -2.32. The maximum Gasteiger partial charge on any atom is 0.265 e. The summed E-state index contributed by atoms with van der Waals surface area (Å²) in [6.45, 7) is 5.81. The Balaban J connectivity index is 1.67. The standard InChI is InChI=1S/C24H26N2O4S/c1-4-22(30-23-15-10-17(2)16-18(23)3)24(27)25-19-11-13-21(14-12-19)31(28,29)26-20-8-6-5-7-9-20/h5-16,22,26H,4H2,1-3H3,(H,25,27)/t22-/m0/s1. The van der Waals surface area contributed by atoms with Gasteiger partial charge in [-0.15, -0.1) is 0 Å². The van der Waals surface area contributed by atoms with Gasteiger partial charge in [0.05, 0.1) is 4.90 Å². The van der Waals surface area contributed by atoms with Crippen molar-refractivity contribution in [3.8, 4) is 5.75 Å². The van der Waals surface area contributed by atoms with Crippen molar-refractivity contribution in [1.29, 1.82) is 0 Å². The quantitative estimate of drug-likeness (QED) is 0.524. The van der Waals surface area contributed by atoms with Crippen LogP contribution in [0.1, 0.15) is 24.5 Å². The van der Waals surface area contributed by atoms with Gasteiger partial charge in [0.15, 0.2) is 6.10 Å². The Kier molecular flexibility index (Phi) is 6.97. The zero-order chi connectivity index (χ0) is 22.4. The van der Waals surface area contributed by atoms with E-state index in [4.69, 9.17) is 4.74 Å². The lowest BCUT2D eigenvalue weighted by Gasteiger charge is -2.19. The van der Waals surface area contributed by atoms with Gasteiger partial charge in [0, 0.05) is 11.4 Å². The number of carbonyl (C=O) groups is 1. The second-order valence-electron chi connectivity index (χ2n) is 7.27. The lowest BCUT2D eigenvalue weighted by molar-refractivity contribution is -0.122. The van der Waals surface area contributed by atoms with Crippen LogP contribution in [0.3, 0.4) is 0 Å². The van der Waals surface area contributed by atoms with Crippen molar-refractivity contribution in [2.75, 3.05) is 10.0 Å². The van der Waals surface area contributed by atoms with Gasteiger partial charge in [0.25, 0.3) is 15.9 Å². The molecule has 3 aromatic carbocycles. The average molecular weight is 439 g/mol. The predicted octanol–water partition coefficient (Wildman–Crippen LogP) is 4.90. The molecular formula is C24H26N2O4S. The molecule has 1 atom stereocenters. The minimum absolute atomic E-state index is 0.105. The minimum Gasteiger partial charge on any atom is -0.480 e. The number of para-hydroxylation sites is 1. The number of sulfonamides is 1. The van der Waals surface area contributed by atoms with Crippen LogP contribution in [-0.2, 0) is 14.8 Å². The number of benzene rings is 3. The SMILES string of the molecule is CC[C@H](Oc1ccc(C)cc1C)C(=O)Nc1ccc(S(=O)(=O)Nc2ccccc2)cc1. The smallest absolute Gasteiger partial charge is 0.265 e. The number of ether oxygens (including phenoxy) is 1. The Hall–Kier alpha value is -3.32. The van der Waals surface area contributed by atoms with Crippen LogP contribution in [0.2, 0.25) is 0 Å². The summed E-state index contributed by atoms with van der Waals surface area (Å²) >= 11 is 0. The molecule has 0 heterocycles. The molecule has 0 bridgehead atoms. The number of nitrogens with one attached hydrogen (secondary N) is 2. The molecule has 0 saturated heterocycles. The molecule has 3 aromatic rings. The molecule has 31 heavy (non-hydrogen) atoms. The first kappa shape index (κ1) is 22.4. The third-order valence-electron chi connectivity index (χ3n) is 4.72. The number of amides is 1. The van der Waals surface area contributed by atoms with Crippen molar-refractivity contribution < 1.29 is 17.9 Å². The minimum atomic E-state index is -3.72.